The first-order valence-corrected chi connectivity index (χ1v) is 6.62. The fraction of sp³-hybridized carbons (Fsp3) is 0.833. The molecule has 1 rings (SSSR count). The molecule has 0 amide bonds. The summed E-state index contributed by atoms with van der Waals surface area (Å²) in [7, 11) is 0. The van der Waals surface area contributed by atoms with Crippen molar-refractivity contribution in [3.63, 3.8) is 0 Å². The molecule has 0 radical (unpaired) electrons. The summed E-state index contributed by atoms with van der Waals surface area (Å²) in [6, 6.07) is 0.454. The average molecular weight is 241 g/mol. The highest BCUT2D eigenvalue weighted by Crippen LogP contribution is 2.19. The second-order valence-electron chi connectivity index (χ2n) is 4.89. The molecule has 0 saturated carbocycles. The summed E-state index contributed by atoms with van der Waals surface area (Å²) >= 11 is 5.29. The van der Waals surface area contributed by atoms with Crippen LogP contribution >= 0.6 is 12.2 Å². The first-order valence-electron chi connectivity index (χ1n) is 6.22. The van der Waals surface area contributed by atoms with Crippen LogP contribution in [0.3, 0.4) is 0 Å². The zero-order valence-electron chi connectivity index (χ0n) is 10.8. The van der Waals surface area contributed by atoms with E-state index in [2.05, 4.69) is 42.5 Å². The van der Waals surface area contributed by atoms with Crippen molar-refractivity contribution < 1.29 is 0 Å². The van der Waals surface area contributed by atoms with Crippen LogP contribution in [0.2, 0.25) is 0 Å². The van der Waals surface area contributed by atoms with Crippen LogP contribution in [-0.2, 0) is 6.42 Å². The van der Waals surface area contributed by atoms with Gasteiger partial charge in [-0.15, -0.1) is 0 Å². The van der Waals surface area contributed by atoms with E-state index in [1.807, 2.05) is 0 Å². The minimum Gasteiger partial charge on any atom is -0.301 e. The van der Waals surface area contributed by atoms with Gasteiger partial charge in [0, 0.05) is 12.5 Å². The van der Waals surface area contributed by atoms with Crippen molar-refractivity contribution in [2.75, 3.05) is 0 Å². The van der Waals surface area contributed by atoms with Crippen molar-refractivity contribution in [3.8, 4) is 0 Å². The maximum absolute atomic E-state index is 5.29. The van der Waals surface area contributed by atoms with Crippen LogP contribution in [0.15, 0.2) is 0 Å². The fourth-order valence-corrected chi connectivity index (χ4v) is 2.23. The Morgan fingerprint density at radius 1 is 1.31 bits per heavy atom. The van der Waals surface area contributed by atoms with Gasteiger partial charge in [-0.3, -0.25) is 5.10 Å². The van der Waals surface area contributed by atoms with E-state index in [9.17, 15) is 0 Å². The number of aromatic amines is 1. The Hall–Kier alpha value is -0.640. The van der Waals surface area contributed by atoms with E-state index in [0.717, 1.165) is 29.4 Å². The maximum Gasteiger partial charge on any atom is 0.195 e. The largest absolute Gasteiger partial charge is 0.301 e. The quantitative estimate of drug-likeness (QED) is 0.767. The minimum absolute atomic E-state index is 0.454. The summed E-state index contributed by atoms with van der Waals surface area (Å²) in [6.45, 7) is 8.91. The molecule has 3 nitrogen and oxygen atoms in total. The molecule has 1 atom stereocenters. The van der Waals surface area contributed by atoms with Crippen molar-refractivity contribution in [2.45, 2.75) is 59.4 Å². The molecule has 4 heteroatoms. The van der Waals surface area contributed by atoms with Gasteiger partial charge in [-0.1, -0.05) is 20.8 Å². The molecule has 0 aliphatic rings. The van der Waals surface area contributed by atoms with Crippen LogP contribution in [0.5, 0.6) is 0 Å². The molecule has 1 heterocycles. The molecule has 0 saturated heterocycles. The van der Waals surface area contributed by atoms with Gasteiger partial charge in [0.2, 0.25) is 0 Å². The third kappa shape index (κ3) is 3.44. The highest BCUT2D eigenvalue weighted by molar-refractivity contribution is 7.71. The van der Waals surface area contributed by atoms with E-state index >= 15 is 0 Å². The van der Waals surface area contributed by atoms with Gasteiger partial charge in [0.1, 0.15) is 5.82 Å². The molecule has 0 bridgehead atoms. The summed E-state index contributed by atoms with van der Waals surface area (Å²) in [5.41, 5.74) is 0. The van der Waals surface area contributed by atoms with Gasteiger partial charge >= 0.3 is 0 Å². The van der Waals surface area contributed by atoms with Gasteiger partial charge in [-0.25, -0.2) is 0 Å². The van der Waals surface area contributed by atoms with Gasteiger partial charge in [0.25, 0.3) is 0 Å². The number of aromatic nitrogens is 3. The number of rotatable bonds is 6. The summed E-state index contributed by atoms with van der Waals surface area (Å²) in [6.07, 6.45) is 4.51. The lowest BCUT2D eigenvalue weighted by Gasteiger charge is -2.16. The van der Waals surface area contributed by atoms with E-state index < -0.39 is 0 Å². The highest BCUT2D eigenvalue weighted by atomic mass is 32.1. The van der Waals surface area contributed by atoms with Gasteiger partial charge in [0.05, 0.1) is 0 Å². The Morgan fingerprint density at radius 2 is 2.00 bits per heavy atom. The smallest absolute Gasteiger partial charge is 0.195 e. The molecular formula is C12H23N3S. The van der Waals surface area contributed by atoms with Crippen molar-refractivity contribution >= 4 is 12.2 Å². The molecule has 1 N–H and O–H groups in total. The first-order chi connectivity index (χ1) is 7.56. The molecule has 92 valence electrons. The number of nitrogens with zero attached hydrogens (tertiary/aromatic N) is 2. The predicted octanol–water partition coefficient (Wildman–Crippen LogP) is 3.89. The van der Waals surface area contributed by atoms with Crippen molar-refractivity contribution in [1.82, 2.24) is 14.8 Å². The van der Waals surface area contributed by atoms with E-state index in [1.165, 1.54) is 12.8 Å². The predicted molar refractivity (Wildman–Crippen MR) is 70.2 cm³/mol. The van der Waals surface area contributed by atoms with Crippen LogP contribution < -0.4 is 0 Å². The minimum atomic E-state index is 0.454. The molecule has 0 aliphatic heterocycles. The van der Waals surface area contributed by atoms with Gasteiger partial charge < -0.3 is 4.57 Å². The molecule has 0 aromatic carbocycles. The van der Waals surface area contributed by atoms with Gasteiger partial charge in [0.15, 0.2) is 4.77 Å². The number of aryl methyl sites for hydroxylation is 1. The van der Waals surface area contributed by atoms with Crippen molar-refractivity contribution in [3.05, 3.63) is 10.6 Å². The fourth-order valence-electron chi connectivity index (χ4n) is 1.90. The maximum atomic E-state index is 5.29. The molecule has 0 fully saturated rings. The molecule has 1 aromatic heterocycles. The average Bonchev–Trinajstić information content (AvgIpc) is 2.57. The Labute approximate surface area is 103 Å². The van der Waals surface area contributed by atoms with E-state index in [1.54, 1.807) is 0 Å². The van der Waals surface area contributed by atoms with Crippen LogP contribution in [0.4, 0.5) is 0 Å². The van der Waals surface area contributed by atoms with Crippen LogP contribution in [0, 0.1) is 10.7 Å². The SMILES string of the molecule is CCCc1n[nH]c(=S)n1C(C)CCC(C)C. The lowest BCUT2D eigenvalue weighted by Crippen LogP contribution is -2.10. The lowest BCUT2D eigenvalue weighted by molar-refractivity contribution is 0.425. The third-order valence-corrected chi connectivity index (χ3v) is 3.14. The van der Waals surface area contributed by atoms with Crippen LogP contribution in [0.25, 0.3) is 0 Å². The zero-order chi connectivity index (χ0) is 12.1. The summed E-state index contributed by atoms with van der Waals surface area (Å²) < 4.78 is 2.95. The molecular weight excluding hydrogens is 218 g/mol. The second-order valence-corrected chi connectivity index (χ2v) is 5.27. The molecule has 16 heavy (non-hydrogen) atoms. The lowest BCUT2D eigenvalue weighted by atomic mass is 10.0. The Morgan fingerprint density at radius 3 is 2.56 bits per heavy atom. The van der Waals surface area contributed by atoms with E-state index in [-0.39, 0.29) is 0 Å². The highest BCUT2D eigenvalue weighted by Gasteiger charge is 2.12. The number of hydrogen-bond donors (Lipinski definition) is 1. The molecule has 0 aliphatic carbocycles. The van der Waals surface area contributed by atoms with E-state index in [0.29, 0.717) is 6.04 Å². The summed E-state index contributed by atoms with van der Waals surface area (Å²) in [4.78, 5) is 0. The zero-order valence-corrected chi connectivity index (χ0v) is 11.6. The number of nitrogens with one attached hydrogen (secondary N) is 1. The van der Waals surface area contributed by atoms with Crippen LogP contribution in [0.1, 0.15) is 58.8 Å². The van der Waals surface area contributed by atoms with Crippen molar-refractivity contribution in [2.24, 2.45) is 5.92 Å². The van der Waals surface area contributed by atoms with Gasteiger partial charge in [-0.2, -0.15) is 5.10 Å². The standard InChI is InChI=1S/C12H23N3S/c1-5-6-11-13-14-12(16)15(11)10(4)8-7-9(2)3/h9-10H,5-8H2,1-4H3,(H,14,16). The monoisotopic (exact) mass is 241 g/mol. The Bertz CT molecular complexity index is 365. The Balaban J connectivity index is 2.76. The van der Waals surface area contributed by atoms with Crippen molar-refractivity contribution in [1.29, 1.82) is 0 Å². The van der Waals surface area contributed by atoms with Crippen LogP contribution in [-0.4, -0.2) is 14.8 Å². The molecule has 1 aromatic rings. The third-order valence-electron chi connectivity index (χ3n) is 2.85. The molecule has 0 spiro atoms. The first kappa shape index (κ1) is 13.4. The normalized spacial score (nSPS) is 13.3. The summed E-state index contributed by atoms with van der Waals surface area (Å²) in [5, 5.41) is 7.21. The van der Waals surface area contributed by atoms with Gasteiger partial charge in [-0.05, 0) is 44.3 Å². The Kier molecular flexibility index (Phi) is 5.19. The second kappa shape index (κ2) is 6.18. The molecule has 1 unspecified atom stereocenters. The number of H-pyrrole nitrogens is 1. The summed E-state index contributed by atoms with van der Waals surface area (Å²) in [5.74, 6) is 1.85. The number of hydrogen-bond acceptors (Lipinski definition) is 2. The van der Waals surface area contributed by atoms with E-state index in [4.69, 9.17) is 12.2 Å². The topological polar surface area (TPSA) is 33.6 Å².